The lowest BCUT2D eigenvalue weighted by molar-refractivity contribution is -0.118. The summed E-state index contributed by atoms with van der Waals surface area (Å²) < 4.78 is 16.3. The Hall–Kier alpha value is -4.06. The van der Waals surface area contributed by atoms with Crippen molar-refractivity contribution in [2.24, 2.45) is 0 Å². The third-order valence-electron chi connectivity index (χ3n) is 4.57. The number of hydrogen-bond acceptors (Lipinski definition) is 5. The molecule has 4 aromatic rings. The number of anilines is 1. The molecule has 0 spiro atoms. The van der Waals surface area contributed by atoms with Gasteiger partial charge in [-0.25, -0.2) is 0 Å². The Labute approximate surface area is 172 Å². The minimum atomic E-state index is -0.304. The van der Waals surface area contributed by atoms with Crippen molar-refractivity contribution < 1.29 is 18.7 Å². The van der Waals surface area contributed by atoms with Crippen molar-refractivity contribution in [3.05, 3.63) is 89.3 Å². The van der Waals surface area contributed by atoms with Gasteiger partial charge in [0.2, 0.25) is 0 Å². The summed E-state index contributed by atoms with van der Waals surface area (Å²) in [7, 11) is 1.58. The van der Waals surface area contributed by atoms with E-state index in [1.165, 1.54) is 6.26 Å². The molecule has 6 heteroatoms. The number of carbonyl (C=O) groups is 1. The number of methoxy groups -OCH3 is 1. The summed E-state index contributed by atoms with van der Waals surface area (Å²) in [6.45, 7) is -0.177. The molecule has 30 heavy (non-hydrogen) atoms. The highest BCUT2D eigenvalue weighted by Gasteiger charge is 2.11. The van der Waals surface area contributed by atoms with Crippen LogP contribution < -0.4 is 20.2 Å². The first-order chi connectivity index (χ1) is 14.6. The fraction of sp³-hybridized carbons (Fsp3) is 0.0833. The minimum Gasteiger partial charge on any atom is -0.497 e. The van der Waals surface area contributed by atoms with Gasteiger partial charge in [-0.1, -0.05) is 30.3 Å². The van der Waals surface area contributed by atoms with E-state index in [9.17, 15) is 9.59 Å². The van der Waals surface area contributed by atoms with E-state index in [1.807, 2.05) is 30.3 Å². The third-order valence-corrected chi connectivity index (χ3v) is 4.57. The molecule has 0 fully saturated rings. The van der Waals surface area contributed by atoms with Crippen LogP contribution in [-0.4, -0.2) is 19.6 Å². The highest BCUT2D eigenvalue weighted by Crippen LogP contribution is 2.23. The quantitative estimate of drug-likeness (QED) is 0.515. The van der Waals surface area contributed by atoms with Crippen molar-refractivity contribution in [1.29, 1.82) is 0 Å². The second-order valence-electron chi connectivity index (χ2n) is 6.57. The SMILES string of the molecule is COc1ccc(NC(=O)COc2ccc3c(=O)c(-c4ccccc4)coc3c2)cc1. The van der Waals surface area contributed by atoms with Gasteiger partial charge in [-0.05, 0) is 42.0 Å². The van der Waals surface area contributed by atoms with Crippen molar-refractivity contribution in [3.63, 3.8) is 0 Å². The van der Waals surface area contributed by atoms with Gasteiger partial charge >= 0.3 is 0 Å². The molecule has 1 aromatic heterocycles. The molecule has 0 unspecified atom stereocenters. The van der Waals surface area contributed by atoms with Crippen LogP contribution in [0.25, 0.3) is 22.1 Å². The molecule has 3 aromatic carbocycles. The van der Waals surface area contributed by atoms with E-state index < -0.39 is 0 Å². The predicted octanol–water partition coefficient (Wildman–Crippen LogP) is 4.49. The molecule has 4 rings (SSSR count). The molecule has 0 bridgehead atoms. The molecule has 1 heterocycles. The predicted molar refractivity (Wildman–Crippen MR) is 115 cm³/mol. The molecule has 0 aliphatic rings. The highest BCUT2D eigenvalue weighted by atomic mass is 16.5. The van der Waals surface area contributed by atoms with Gasteiger partial charge < -0.3 is 19.2 Å². The number of nitrogens with one attached hydrogen (secondary N) is 1. The zero-order valence-electron chi connectivity index (χ0n) is 16.3. The molecule has 0 atom stereocenters. The van der Waals surface area contributed by atoms with Crippen LogP contribution >= 0.6 is 0 Å². The van der Waals surface area contributed by atoms with E-state index in [2.05, 4.69) is 5.32 Å². The topological polar surface area (TPSA) is 77.8 Å². The lowest BCUT2D eigenvalue weighted by Crippen LogP contribution is -2.20. The van der Waals surface area contributed by atoms with Crippen LogP contribution in [0.1, 0.15) is 0 Å². The lowest BCUT2D eigenvalue weighted by Gasteiger charge is -2.09. The van der Waals surface area contributed by atoms with Crippen molar-refractivity contribution in [2.45, 2.75) is 0 Å². The molecule has 0 aliphatic heterocycles. The lowest BCUT2D eigenvalue weighted by atomic mass is 10.1. The summed E-state index contributed by atoms with van der Waals surface area (Å²) in [4.78, 5) is 24.9. The summed E-state index contributed by atoms with van der Waals surface area (Å²) >= 11 is 0. The van der Waals surface area contributed by atoms with Crippen LogP contribution in [0, 0.1) is 0 Å². The molecule has 0 radical (unpaired) electrons. The third kappa shape index (κ3) is 4.17. The van der Waals surface area contributed by atoms with Crippen LogP contribution in [0.4, 0.5) is 5.69 Å². The fourth-order valence-electron chi connectivity index (χ4n) is 3.04. The number of carbonyl (C=O) groups excluding carboxylic acids is 1. The Morgan fingerprint density at radius 2 is 1.70 bits per heavy atom. The maximum Gasteiger partial charge on any atom is 0.262 e. The molecule has 1 amide bonds. The summed E-state index contributed by atoms with van der Waals surface area (Å²) in [5.74, 6) is 0.835. The van der Waals surface area contributed by atoms with Crippen LogP contribution in [0.2, 0.25) is 0 Å². The van der Waals surface area contributed by atoms with E-state index in [1.54, 1.807) is 49.6 Å². The van der Waals surface area contributed by atoms with Gasteiger partial charge in [-0.15, -0.1) is 0 Å². The largest absolute Gasteiger partial charge is 0.497 e. The van der Waals surface area contributed by atoms with E-state index in [0.717, 1.165) is 5.56 Å². The smallest absolute Gasteiger partial charge is 0.262 e. The minimum absolute atomic E-state index is 0.119. The average molecular weight is 401 g/mol. The monoisotopic (exact) mass is 401 g/mol. The van der Waals surface area contributed by atoms with Crippen molar-refractivity contribution in [3.8, 4) is 22.6 Å². The average Bonchev–Trinajstić information content (AvgIpc) is 2.79. The number of hydrogen-bond donors (Lipinski definition) is 1. The Bertz CT molecular complexity index is 1230. The summed E-state index contributed by atoms with van der Waals surface area (Å²) in [5.41, 5.74) is 2.21. The number of fused-ring (bicyclic) bond motifs is 1. The van der Waals surface area contributed by atoms with E-state index >= 15 is 0 Å². The van der Waals surface area contributed by atoms with E-state index in [-0.39, 0.29) is 17.9 Å². The van der Waals surface area contributed by atoms with Crippen LogP contribution in [-0.2, 0) is 4.79 Å². The molecular formula is C24H19NO5. The zero-order valence-corrected chi connectivity index (χ0v) is 16.3. The van der Waals surface area contributed by atoms with Gasteiger partial charge in [0.05, 0.1) is 18.1 Å². The summed E-state index contributed by atoms with van der Waals surface area (Å²) in [6.07, 6.45) is 1.44. The maximum absolute atomic E-state index is 12.8. The van der Waals surface area contributed by atoms with E-state index in [0.29, 0.717) is 33.7 Å². The van der Waals surface area contributed by atoms with Crippen LogP contribution in [0.3, 0.4) is 0 Å². The maximum atomic E-state index is 12.8. The molecular weight excluding hydrogens is 382 g/mol. The molecule has 1 N–H and O–H groups in total. The molecule has 6 nitrogen and oxygen atoms in total. The fourth-order valence-corrected chi connectivity index (χ4v) is 3.04. The summed E-state index contributed by atoms with van der Waals surface area (Å²) in [6, 6.07) is 21.2. The Morgan fingerprint density at radius 3 is 2.43 bits per heavy atom. The second-order valence-corrected chi connectivity index (χ2v) is 6.57. The first-order valence-electron chi connectivity index (χ1n) is 9.32. The van der Waals surface area contributed by atoms with Crippen molar-refractivity contribution >= 4 is 22.6 Å². The number of benzene rings is 3. The standard InChI is InChI=1S/C24H19NO5/c1-28-18-9-7-17(8-10-18)25-23(26)15-29-19-11-12-20-22(13-19)30-14-21(24(20)27)16-5-3-2-4-6-16/h2-14H,15H2,1H3,(H,25,26). The van der Waals surface area contributed by atoms with Gasteiger partial charge in [-0.3, -0.25) is 9.59 Å². The molecule has 0 aliphatic carbocycles. The zero-order chi connectivity index (χ0) is 20.9. The molecule has 0 saturated carbocycles. The molecule has 0 saturated heterocycles. The van der Waals surface area contributed by atoms with Crippen molar-refractivity contribution in [2.75, 3.05) is 19.0 Å². The summed E-state index contributed by atoms with van der Waals surface area (Å²) in [5, 5.41) is 3.19. The molecule has 150 valence electrons. The van der Waals surface area contributed by atoms with Gasteiger partial charge in [0.1, 0.15) is 23.3 Å². The van der Waals surface area contributed by atoms with Crippen LogP contribution in [0.15, 0.2) is 88.3 Å². The number of amides is 1. The van der Waals surface area contributed by atoms with Crippen molar-refractivity contribution in [1.82, 2.24) is 0 Å². The second kappa shape index (κ2) is 8.53. The normalized spacial score (nSPS) is 10.6. The van der Waals surface area contributed by atoms with Gasteiger partial charge in [0.25, 0.3) is 5.91 Å². The highest BCUT2D eigenvalue weighted by molar-refractivity contribution is 5.92. The Morgan fingerprint density at radius 1 is 0.967 bits per heavy atom. The van der Waals surface area contributed by atoms with Gasteiger partial charge in [-0.2, -0.15) is 0 Å². The van der Waals surface area contributed by atoms with Gasteiger partial charge in [0, 0.05) is 11.8 Å². The first kappa shape index (κ1) is 19.3. The number of ether oxygens (including phenoxy) is 2. The Balaban J connectivity index is 1.46. The van der Waals surface area contributed by atoms with E-state index in [4.69, 9.17) is 13.9 Å². The van der Waals surface area contributed by atoms with Crippen LogP contribution in [0.5, 0.6) is 11.5 Å². The Kier molecular flexibility index (Phi) is 5.48. The number of rotatable bonds is 6. The van der Waals surface area contributed by atoms with Gasteiger partial charge in [0.15, 0.2) is 12.0 Å². The first-order valence-corrected chi connectivity index (χ1v) is 9.32.